The lowest BCUT2D eigenvalue weighted by Gasteiger charge is -2.19. The first kappa shape index (κ1) is 15.5. The molecule has 0 amide bonds. The maximum atomic E-state index is 13.5. The molecule has 0 aliphatic rings. The number of benzene rings is 2. The number of aryl methyl sites for hydroxylation is 1. The summed E-state index contributed by atoms with van der Waals surface area (Å²) < 4.78 is 14.2. The molecule has 4 heteroatoms. The van der Waals surface area contributed by atoms with Gasteiger partial charge in [0.15, 0.2) is 0 Å². The van der Waals surface area contributed by atoms with E-state index < -0.39 is 0 Å². The third kappa shape index (κ3) is 3.81. The van der Waals surface area contributed by atoms with Crippen LogP contribution in [0.1, 0.15) is 22.7 Å². The summed E-state index contributed by atoms with van der Waals surface area (Å²) in [6.07, 6.45) is 0.702. The second-order valence-corrected chi connectivity index (χ2v) is 6.18. The Bertz CT molecular complexity index is 595. The molecule has 20 heavy (non-hydrogen) atoms. The summed E-state index contributed by atoms with van der Waals surface area (Å²) in [6.45, 7) is 2.05. The van der Waals surface area contributed by atoms with Gasteiger partial charge >= 0.3 is 0 Å². The molecule has 2 aromatic rings. The first-order valence-electron chi connectivity index (χ1n) is 6.38. The van der Waals surface area contributed by atoms with Gasteiger partial charge in [-0.3, -0.25) is 0 Å². The van der Waals surface area contributed by atoms with Crippen LogP contribution in [0, 0.1) is 12.7 Å². The lowest BCUT2D eigenvalue weighted by molar-refractivity contribution is 0.581. The van der Waals surface area contributed by atoms with Crippen LogP contribution < -0.4 is 5.32 Å². The van der Waals surface area contributed by atoms with Crippen molar-refractivity contribution in [1.82, 2.24) is 5.32 Å². The number of likely N-dealkylation sites (N-methyl/N-ethyl adjacent to an activating group) is 1. The van der Waals surface area contributed by atoms with Gasteiger partial charge in [0.1, 0.15) is 5.82 Å². The van der Waals surface area contributed by atoms with Gasteiger partial charge in [0.25, 0.3) is 0 Å². The first-order valence-corrected chi connectivity index (χ1v) is 7.55. The largest absolute Gasteiger partial charge is 0.313 e. The first-order chi connectivity index (χ1) is 9.49. The normalized spacial score (nSPS) is 12.4. The standard InChI is InChI=1S/C16H16BrClFN/c1-10-3-4-13(18)9-15(10)16(20-2)7-11-5-12(17)8-14(19)6-11/h3-6,8-9,16,20H,7H2,1-2H3. The van der Waals surface area contributed by atoms with Crippen LogP contribution in [-0.4, -0.2) is 7.05 Å². The van der Waals surface area contributed by atoms with E-state index in [9.17, 15) is 4.39 Å². The van der Waals surface area contributed by atoms with Crippen molar-refractivity contribution in [3.8, 4) is 0 Å². The summed E-state index contributed by atoms with van der Waals surface area (Å²) in [5.74, 6) is -0.230. The van der Waals surface area contributed by atoms with Crippen LogP contribution >= 0.6 is 27.5 Å². The van der Waals surface area contributed by atoms with Crippen molar-refractivity contribution in [3.63, 3.8) is 0 Å². The molecule has 0 aliphatic heterocycles. The van der Waals surface area contributed by atoms with E-state index in [4.69, 9.17) is 11.6 Å². The summed E-state index contributed by atoms with van der Waals surface area (Å²) in [5.41, 5.74) is 3.25. The second kappa shape index (κ2) is 6.70. The van der Waals surface area contributed by atoms with Crippen molar-refractivity contribution >= 4 is 27.5 Å². The van der Waals surface area contributed by atoms with E-state index in [1.165, 1.54) is 11.6 Å². The average molecular weight is 357 g/mol. The molecule has 1 N–H and O–H groups in total. The third-order valence-electron chi connectivity index (χ3n) is 3.33. The maximum absolute atomic E-state index is 13.5. The van der Waals surface area contributed by atoms with Crippen molar-refractivity contribution in [2.24, 2.45) is 0 Å². The predicted molar refractivity (Wildman–Crippen MR) is 85.8 cm³/mol. The molecule has 1 unspecified atom stereocenters. The minimum absolute atomic E-state index is 0.0994. The van der Waals surface area contributed by atoms with Gasteiger partial charge in [0.2, 0.25) is 0 Å². The topological polar surface area (TPSA) is 12.0 Å². The number of rotatable bonds is 4. The van der Waals surface area contributed by atoms with Gasteiger partial charge < -0.3 is 5.32 Å². The molecule has 0 bridgehead atoms. The zero-order valence-electron chi connectivity index (χ0n) is 11.4. The molecule has 0 fully saturated rings. The lowest BCUT2D eigenvalue weighted by atomic mass is 9.95. The number of hydrogen-bond acceptors (Lipinski definition) is 1. The van der Waals surface area contributed by atoms with E-state index in [2.05, 4.69) is 28.2 Å². The Morgan fingerprint density at radius 2 is 2.00 bits per heavy atom. The molecule has 0 aromatic heterocycles. The zero-order valence-corrected chi connectivity index (χ0v) is 13.7. The summed E-state index contributed by atoms with van der Waals surface area (Å²) in [7, 11) is 1.90. The quantitative estimate of drug-likeness (QED) is 0.808. The molecule has 0 spiro atoms. The van der Waals surface area contributed by atoms with Crippen LogP contribution in [0.25, 0.3) is 0 Å². The van der Waals surface area contributed by atoms with Crippen LogP contribution in [0.4, 0.5) is 4.39 Å². The van der Waals surface area contributed by atoms with E-state index >= 15 is 0 Å². The van der Waals surface area contributed by atoms with Gasteiger partial charge in [-0.1, -0.05) is 33.6 Å². The summed E-state index contributed by atoms with van der Waals surface area (Å²) in [6, 6.07) is 10.9. The smallest absolute Gasteiger partial charge is 0.124 e. The highest BCUT2D eigenvalue weighted by molar-refractivity contribution is 9.10. The fourth-order valence-electron chi connectivity index (χ4n) is 2.32. The molecule has 106 valence electrons. The lowest BCUT2D eigenvalue weighted by Crippen LogP contribution is -2.20. The molecule has 2 rings (SSSR count). The van der Waals surface area contributed by atoms with Crippen molar-refractivity contribution in [1.29, 1.82) is 0 Å². The number of halogens is 3. The highest BCUT2D eigenvalue weighted by atomic mass is 79.9. The molecule has 0 radical (unpaired) electrons. The minimum atomic E-state index is -0.230. The predicted octanol–water partition coefficient (Wildman–Crippen LogP) is 5.05. The fourth-order valence-corrected chi connectivity index (χ4v) is 3.01. The van der Waals surface area contributed by atoms with Crippen molar-refractivity contribution in [2.75, 3.05) is 7.05 Å². The highest BCUT2D eigenvalue weighted by Gasteiger charge is 2.14. The number of hydrogen-bond donors (Lipinski definition) is 1. The fraction of sp³-hybridized carbons (Fsp3) is 0.250. The van der Waals surface area contributed by atoms with Gasteiger partial charge in [0.05, 0.1) is 0 Å². The number of nitrogens with one attached hydrogen (secondary N) is 1. The van der Waals surface area contributed by atoms with Crippen LogP contribution in [0.15, 0.2) is 40.9 Å². The average Bonchev–Trinajstić information content (AvgIpc) is 2.38. The molecular weight excluding hydrogens is 341 g/mol. The third-order valence-corrected chi connectivity index (χ3v) is 4.02. The van der Waals surface area contributed by atoms with E-state index in [0.29, 0.717) is 11.4 Å². The highest BCUT2D eigenvalue weighted by Crippen LogP contribution is 2.26. The van der Waals surface area contributed by atoms with E-state index in [0.717, 1.165) is 15.6 Å². The van der Waals surface area contributed by atoms with Crippen LogP contribution in [0.2, 0.25) is 5.02 Å². The zero-order chi connectivity index (χ0) is 14.7. The molecule has 2 aromatic carbocycles. The molecule has 0 aliphatic carbocycles. The van der Waals surface area contributed by atoms with Gasteiger partial charge in [-0.25, -0.2) is 4.39 Å². The molecule has 0 heterocycles. The Kier molecular flexibility index (Phi) is 5.19. The van der Waals surface area contributed by atoms with Crippen molar-refractivity contribution in [2.45, 2.75) is 19.4 Å². The summed E-state index contributed by atoms with van der Waals surface area (Å²) in [4.78, 5) is 0. The van der Waals surface area contributed by atoms with E-state index in [-0.39, 0.29) is 11.9 Å². The monoisotopic (exact) mass is 355 g/mol. The Labute approximate surface area is 132 Å². The van der Waals surface area contributed by atoms with Gasteiger partial charge in [-0.05, 0) is 67.4 Å². The van der Waals surface area contributed by atoms with Crippen LogP contribution in [0.5, 0.6) is 0 Å². The van der Waals surface area contributed by atoms with Crippen molar-refractivity contribution < 1.29 is 4.39 Å². The molecule has 0 saturated carbocycles. The molecule has 1 nitrogen and oxygen atoms in total. The van der Waals surface area contributed by atoms with E-state index in [1.54, 1.807) is 6.07 Å². The summed E-state index contributed by atoms with van der Waals surface area (Å²) >= 11 is 9.40. The molecule has 0 saturated heterocycles. The van der Waals surface area contributed by atoms with Gasteiger partial charge in [-0.2, -0.15) is 0 Å². The summed E-state index contributed by atoms with van der Waals surface area (Å²) in [5, 5.41) is 3.99. The minimum Gasteiger partial charge on any atom is -0.313 e. The Morgan fingerprint density at radius 3 is 2.65 bits per heavy atom. The van der Waals surface area contributed by atoms with Gasteiger partial charge in [-0.15, -0.1) is 0 Å². The molecular formula is C16H16BrClFN. The van der Waals surface area contributed by atoms with Crippen LogP contribution in [-0.2, 0) is 6.42 Å². The SMILES string of the molecule is CNC(Cc1cc(F)cc(Br)c1)c1cc(Cl)ccc1C. The van der Waals surface area contributed by atoms with Crippen molar-refractivity contribution in [3.05, 3.63) is 68.4 Å². The molecule has 1 atom stereocenters. The van der Waals surface area contributed by atoms with E-state index in [1.807, 2.05) is 31.3 Å². The van der Waals surface area contributed by atoms with Crippen LogP contribution in [0.3, 0.4) is 0 Å². The second-order valence-electron chi connectivity index (χ2n) is 4.82. The maximum Gasteiger partial charge on any atom is 0.124 e. The Balaban J connectivity index is 2.31. The van der Waals surface area contributed by atoms with Gasteiger partial charge in [0, 0.05) is 15.5 Å². The Morgan fingerprint density at radius 1 is 1.25 bits per heavy atom. The Hall–Kier alpha value is -0.900.